The Kier molecular flexibility index (Phi) is 6.64. The molecular formula is C24H24N2O5S. The summed E-state index contributed by atoms with van der Waals surface area (Å²) < 4.78 is 32.1. The van der Waals surface area contributed by atoms with Crippen molar-refractivity contribution in [2.45, 2.75) is 18.7 Å². The molecule has 32 heavy (non-hydrogen) atoms. The van der Waals surface area contributed by atoms with Gasteiger partial charge in [-0.15, -0.1) is 0 Å². The minimum atomic E-state index is -3.88. The van der Waals surface area contributed by atoms with Crippen LogP contribution < -0.4 is 9.62 Å². The standard InChI is InChI=1S/C24H24N2O5S/c1-16-12-14-18(15-13-16)32(29,30)26(3)22-11-6-5-8-20(22)23(27)25-21-10-7-9-19(17(21)2)24(28)31-4/h5-15H,1-4H3,(H,25,27). The molecule has 3 rings (SSSR count). The molecule has 0 aliphatic heterocycles. The highest BCUT2D eigenvalue weighted by Gasteiger charge is 2.25. The molecule has 3 aromatic carbocycles. The Balaban J connectivity index is 1.96. The Hall–Kier alpha value is -3.65. The molecule has 0 heterocycles. The summed E-state index contributed by atoms with van der Waals surface area (Å²) in [5, 5.41) is 2.77. The van der Waals surface area contributed by atoms with E-state index in [4.69, 9.17) is 4.74 Å². The highest BCUT2D eigenvalue weighted by Crippen LogP contribution is 2.27. The van der Waals surface area contributed by atoms with E-state index in [1.807, 2.05) is 6.92 Å². The number of carbonyl (C=O) groups is 2. The number of nitrogens with one attached hydrogen (secondary N) is 1. The van der Waals surface area contributed by atoms with Crippen LogP contribution in [0.5, 0.6) is 0 Å². The van der Waals surface area contributed by atoms with Crippen molar-refractivity contribution in [3.8, 4) is 0 Å². The largest absolute Gasteiger partial charge is 0.465 e. The predicted molar refractivity (Wildman–Crippen MR) is 124 cm³/mol. The van der Waals surface area contributed by atoms with Crippen LogP contribution in [0.15, 0.2) is 71.6 Å². The third-order valence-corrected chi connectivity index (χ3v) is 6.94. The Morgan fingerprint density at radius 2 is 1.50 bits per heavy atom. The smallest absolute Gasteiger partial charge is 0.338 e. The van der Waals surface area contributed by atoms with Gasteiger partial charge in [0.15, 0.2) is 0 Å². The number of esters is 1. The van der Waals surface area contributed by atoms with Crippen molar-refractivity contribution in [1.82, 2.24) is 0 Å². The van der Waals surface area contributed by atoms with E-state index in [2.05, 4.69) is 5.32 Å². The Bertz CT molecular complexity index is 1270. The van der Waals surface area contributed by atoms with Gasteiger partial charge in [-0.3, -0.25) is 9.10 Å². The Morgan fingerprint density at radius 1 is 0.875 bits per heavy atom. The number of methoxy groups -OCH3 is 1. The van der Waals surface area contributed by atoms with Crippen LogP contribution in [-0.2, 0) is 14.8 Å². The van der Waals surface area contributed by atoms with Gasteiger partial charge >= 0.3 is 5.97 Å². The fourth-order valence-electron chi connectivity index (χ4n) is 3.23. The molecule has 0 saturated heterocycles. The van der Waals surface area contributed by atoms with Gasteiger partial charge in [-0.1, -0.05) is 35.9 Å². The van der Waals surface area contributed by atoms with Gasteiger partial charge in [-0.2, -0.15) is 0 Å². The Morgan fingerprint density at radius 3 is 2.16 bits per heavy atom. The second-order valence-corrected chi connectivity index (χ2v) is 9.20. The van der Waals surface area contributed by atoms with Gasteiger partial charge in [0, 0.05) is 12.7 Å². The quantitative estimate of drug-likeness (QED) is 0.567. The normalized spacial score (nSPS) is 11.0. The monoisotopic (exact) mass is 452 g/mol. The maximum absolute atomic E-state index is 13.1. The molecule has 0 atom stereocenters. The molecular weight excluding hydrogens is 428 g/mol. The van der Waals surface area contributed by atoms with Crippen LogP contribution in [0.25, 0.3) is 0 Å². The van der Waals surface area contributed by atoms with E-state index in [9.17, 15) is 18.0 Å². The van der Waals surface area contributed by atoms with E-state index in [-0.39, 0.29) is 16.1 Å². The number of para-hydroxylation sites is 1. The summed E-state index contributed by atoms with van der Waals surface area (Å²) in [5.41, 5.74) is 2.65. The predicted octanol–water partition coefficient (Wildman–Crippen LogP) is 4.17. The molecule has 0 radical (unpaired) electrons. The van der Waals surface area contributed by atoms with E-state index in [1.165, 1.54) is 26.3 Å². The van der Waals surface area contributed by atoms with Crippen molar-refractivity contribution in [1.29, 1.82) is 0 Å². The van der Waals surface area contributed by atoms with Crippen molar-refractivity contribution >= 4 is 33.3 Å². The summed E-state index contributed by atoms with van der Waals surface area (Å²) in [7, 11) is -1.18. The van der Waals surface area contributed by atoms with E-state index in [0.717, 1.165) is 9.87 Å². The van der Waals surface area contributed by atoms with Crippen LogP contribution in [0, 0.1) is 13.8 Å². The topological polar surface area (TPSA) is 92.8 Å². The molecule has 8 heteroatoms. The molecule has 0 unspecified atom stereocenters. The van der Waals surface area contributed by atoms with Gasteiger partial charge in [0.2, 0.25) is 0 Å². The zero-order valence-corrected chi connectivity index (χ0v) is 19.1. The average Bonchev–Trinajstić information content (AvgIpc) is 2.79. The maximum Gasteiger partial charge on any atom is 0.338 e. The number of benzene rings is 3. The minimum Gasteiger partial charge on any atom is -0.465 e. The summed E-state index contributed by atoms with van der Waals surface area (Å²) in [6.45, 7) is 3.57. The zero-order chi connectivity index (χ0) is 23.5. The van der Waals surface area contributed by atoms with Gasteiger partial charge in [-0.05, 0) is 55.8 Å². The lowest BCUT2D eigenvalue weighted by Gasteiger charge is -2.22. The zero-order valence-electron chi connectivity index (χ0n) is 18.2. The van der Waals surface area contributed by atoms with Crippen LogP contribution in [-0.4, -0.2) is 34.5 Å². The highest BCUT2D eigenvalue weighted by molar-refractivity contribution is 7.92. The molecule has 166 valence electrons. The molecule has 0 aliphatic rings. The summed E-state index contributed by atoms with van der Waals surface area (Å²) in [4.78, 5) is 25.2. The number of anilines is 2. The molecule has 1 amide bonds. The van der Waals surface area contributed by atoms with Crippen LogP contribution >= 0.6 is 0 Å². The summed E-state index contributed by atoms with van der Waals surface area (Å²) in [6, 6.07) is 17.8. The van der Waals surface area contributed by atoms with Gasteiger partial charge in [0.1, 0.15) is 0 Å². The van der Waals surface area contributed by atoms with E-state index in [1.54, 1.807) is 61.5 Å². The lowest BCUT2D eigenvalue weighted by Crippen LogP contribution is -2.29. The van der Waals surface area contributed by atoms with Gasteiger partial charge in [0.05, 0.1) is 28.8 Å². The lowest BCUT2D eigenvalue weighted by atomic mass is 10.1. The molecule has 0 aromatic heterocycles. The van der Waals surface area contributed by atoms with E-state index >= 15 is 0 Å². The Labute approximate surface area is 187 Å². The first-order chi connectivity index (χ1) is 15.2. The number of carbonyl (C=O) groups excluding carboxylic acids is 2. The third kappa shape index (κ3) is 4.50. The van der Waals surface area contributed by atoms with Crippen LogP contribution in [0.3, 0.4) is 0 Å². The van der Waals surface area contributed by atoms with E-state index in [0.29, 0.717) is 16.8 Å². The first kappa shape index (κ1) is 23.0. The van der Waals surface area contributed by atoms with Gasteiger partial charge in [-0.25, -0.2) is 13.2 Å². The lowest BCUT2D eigenvalue weighted by molar-refractivity contribution is 0.0599. The maximum atomic E-state index is 13.1. The molecule has 0 bridgehead atoms. The molecule has 0 spiro atoms. The summed E-state index contributed by atoms with van der Waals surface area (Å²) in [6.07, 6.45) is 0. The van der Waals surface area contributed by atoms with Crippen molar-refractivity contribution in [2.75, 3.05) is 23.8 Å². The second kappa shape index (κ2) is 9.23. The number of aryl methyl sites for hydroxylation is 1. The van der Waals surface area contributed by atoms with Crippen molar-refractivity contribution in [3.05, 3.63) is 89.0 Å². The van der Waals surface area contributed by atoms with Crippen LogP contribution in [0.4, 0.5) is 11.4 Å². The number of amides is 1. The number of rotatable bonds is 6. The first-order valence-corrected chi connectivity index (χ1v) is 11.2. The molecule has 0 aliphatic carbocycles. The molecule has 3 aromatic rings. The number of ether oxygens (including phenoxy) is 1. The third-order valence-electron chi connectivity index (χ3n) is 5.15. The average molecular weight is 453 g/mol. The second-order valence-electron chi connectivity index (χ2n) is 7.23. The molecule has 0 saturated carbocycles. The molecule has 1 N–H and O–H groups in total. The number of nitrogens with zero attached hydrogens (tertiary/aromatic N) is 1. The number of sulfonamides is 1. The van der Waals surface area contributed by atoms with Gasteiger partial charge < -0.3 is 10.1 Å². The highest BCUT2D eigenvalue weighted by atomic mass is 32.2. The number of hydrogen-bond donors (Lipinski definition) is 1. The van der Waals surface area contributed by atoms with Crippen LogP contribution in [0.1, 0.15) is 31.8 Å². The SMILES string of the molecule is COC(=O)c1cccc(NC(=O)c2ccccc2N(C)S(=O)(=O)c2ccc(C)cc2)c1C. The fraction of sp³-hybridized carbons (Fsp3) is 0.167. The summed E-state index contributed by atoms with van der Waals surface area (Å²) >= 11 is 0. The number of hydrogen-bond acceptors (Lipinski definition) is 5. The summed E-state index contributed by atoms with van der Waals surface area (Å²) in [5.74, 6) is -1.01. The first-order valence-electron chi connectivity index (χ1n) is 9.80. The van der Waals surface area contributed by atoms with E-state index < -0.39 is 21.9 Å². The molecule has 7 nitrogen and oxygen atoms in total. The van der Waals surface area contributed by atoms with Crippen molar-refractivity contribution < 1.29 is 22.7 Å². The van der Waals surface area contributed by atoms with Gasteiger partial charge in [0.25, 0.3) is 15.9 Å². The van der Waals surface area contributed by atoms with Crippen molar-refractivity contribution in [2.24, 2.45) is 0 Å². The van der Waals surface area contributed by atoms with Crippen molar-refractivity contribution in [3.63, 3.8) is 0 Å². The minimum absolute atomic E-state index is 0.127. The fourth-order valence-corrected chi connectivity index (χ4v) is 4.44. The van der Waals surface area contributed by atoms with Crippen LogP contribution in [0.2, 0.25) is 0 Å². The molecule has 0 fully saturated rings.